The Labute approximate surface area is 186 Å². The molecule has 162 valence electrons. The first-order valence-corrected chi connectivity index (χ1v) is 10.1. The molecule has 4 aromatic rings. The summed E-state index contributed by atoms with van der Waals surface area (Å²) in [6.07, 6.45) is 3.83. The van der Waals surface area contributed by atoms with Crippen LogP contribution in [0.15, 0.2) is 72.8 Å². The first kappa shape index (κ1) is 21.1. The van der Waals surface area contributed by atoms with Gasteiger partial charge in [0.1, 0.15) is 5.75 Å². The summed E-state index contributed by atoms with van der Waals surface area (Å²) in [4.78, 5) is 0. The number of ether oxygens (including phenoxy) is 3. The lowest BCUT2D eigenvalue weighted by Gasteiger charge is -2.12. The van der Waals surface area contributed by atoms with E-state index in [4.69, 9.17) is 19.3 Å². The normalized spacial score (nSPS) is 11.0. The maximum Gasteiger partial charge on any atom is 0.203 e. The largest absolute Gasteiger partial charge is 0.507 e. The molecule has 0 atom stereocenters. The van der Waals surface area contributed by atoms with E-state index in [0.717, 1.165) is 22.6 Å². The Morgan fingerprint density at radius 3 is 2.06 bits per heavy atom. The Morgan fingerprint density at radius 2 is 1.44 bits per heavy atom. The van der Waals surface area contributed by atoms with Gasteiger partial charge in [-0.25, -0.2) is 4.68 Å². The van der Waals surface area contributed by atoms with Crippen LogP contribution in [0.25, 0.3) is 29.1 Å². The van der Waals surface area contributed by atoms with Gasteiger partial charge >= 0.3 is 0 Å². The summed E-state index contributed by atoms with van der Waals surface area (Å²) >= 11 is 0. The van der Waals surface area contributed by atoms with Crippen LogP contribution in [0.2, 0.25) is 0 Å². The van der Waals surface area contributed by atoms with E-state index in [1.54, 1.807) is 33.5 Å². The van der Waals surface area contributed by atoms with Crippen LogP contribution in [-0.4, -0.2) is 36.2 Å². The zero-order valence-electron chi connectivity index (χ0n) is 18.1. The highest BCUT2D eigenvalue weighted by molar-refractivity contribution is 5.75. The van der Waals surface area contributed by atoms with Gasteiger partial charge in [-0.15, -0.1) is 0 Å². The van der Waals surface area contributed by atoms with Crippen molar-refractivity contribution in [1.82, 2.24) is 9.78 Å². The van der Waals surface area contributed by atoms with Crippen molar-refractivity contribution < 1.29 is 19.3 Å². The Kier molecular flexibility index (Phi) is 6.12. The summed E-state index contributed by atoms with van der Waals surface area (Å²) in [6, 6.07) is 22.7. The molecule has 0 aliphatic carbocycles. The van der Waals surface area contributed by atoms with Crippen molar-refractivity contribution in [1.29, 1.82) is 0 Å². The Bertz CT molecular complexity index is 1220. The molecule has 0 aliphatic rings. The summed E-state index contributed by atoms with van der Waals surface area (Å²) < 4.78 is 18.1. The Hall–Kier alpha value is -4.19. The molecule has 3 aromatic carbocycles. The van der Waals surface area contributed by atoms with Gasteiger partial charge in [0.2, 0.25) is 5.75 Å². The third-order valence-corrected chi connectivity index (χ3v) is 5.04. The minimum absolute atomic E-state index is 0.199. The third kappa shape index (κ3) is 4.16. The van der Waals surface area contributed by atoms with Crippen LogP contribution in [0.5, 0.6) is 23.0 Å². The summed E-state index contributed by atoms with van der Waals surface area (Å²) in [5, 5.41) is 15.2. The number of hydrogen-bond donors (Lipinski definition) is 1. The van der Waals surface area contributed by atoms with Gasteiger partial charge in [0.25, 0.3) is 0 Å². The van der Waals surface area contributed by atoms with Crippen molar-refractivity contribution in [2.75, 3.05) is 21.3 Å². The van der Waals surface area contributed by atoms with Crippen molar-refractivity contribution >= 4 is 12.2 Å². The van der Waals surface area contributed by atoms with Gasteiger partial charge in [0, 0.05) is 5.56 Å². The molecule has 0 aliphatic heterocycles. The highest BCUT2D eigenvalue weighted by Crippen LogP contribution is 2.39. The molecule has 0 amide bonds. The second-order valence-electron chi connectivity index (χ2n) is 7.01. The Morgan fingerprint density at radius 1 is 0.781 bits per heavy atom. The van der Waals surface area contributed by atoms with E-state index in [0.29, 0.717) is 22.8 Å². The molecule has 1 N–H and O–H groups in total. The van der Waals surface area contributed by atoms with Gasteiger partial charge in [-0.1, -0.05) is 36.4 Å². The molecule has 1 aromatic heterocycles. The SMILES string of the molecule is COc1cc(/C=C/c2cc(-c3ccccc3O)n(-c3ccccc3)n2)cc(OC)c1OC. The molecule has 32 heavy (non-hydrogen) atoms. The van der Waals surface area contributed by atoms with Gasteiger partial charge in [-0.2, -0.15) is 5.10 Å². The molecule has 4 rings (SSSR count). The van der Waals surface area contributed by atoms with Crippen LogP contribution in [0.1, 0.15) is 11.3 Å². The highest BCUT2D eigenvalue weighted by Gasteiger charge is 2.14. The van der Waals surface area contributed by atoms with Crippen molar-refractivity contribution in [2.45, 2.75) is 0 Å². The monoisotopic (exact) mass is 428 g/mol. The Balaban J connectivity index is 1.77. The second-order valence-corrected chi connectivity index (χ2v) is 7.01. The van der Waals surface area contributed by atoms with Crippen molar-refractivity contribution in [3.8, 4) is 39.9 Å². The van der Waals surface area contributed by atoms with E-state index < -0.39 is 0 Å². The fourth-order valence-corrected chi connectivity index (χ4v) is 3.51. The van der Waals surface area contributed by atoms with Crippen LogP contribution < -0.4 is 14.2 Å². The number of phenols is 1. The van der Waals surface area contributed by atoms with Crippen LogP contribution in [0.4, 0.5) is 0 Å². The topological polar surface area (TPSA) is 65.7 Å². The molecule has 6 nitrogen and oxygen atoms in total. The van der Waals surface area contributed by atoms with Crippen LogP contribution in [0, 0.1) is 0 Å². The van der Waals surface area contributed by atoms with Gasteiger partial charge in [-0.3, -0.25) is 0 Å². The lowest BCUT2D eigenvalue weighted by Crippen LogP contribution is -1.99. The average molecular weight is 428 g/mol. The van der Waals surface area contributed by atoms with Gasteiger partial charge < -0.3 is 19.3 Å². The number of methoxy groups -OCH3 is 3. The van der Waals surface area contributed by atoms with Crippen molar-refractivity contribution in [2.24, 2.45) is 0 Å². The molecule has 0 fully saturated rings. The molecule has 0 unspecified atom stereocenters. The fraction of sp³-hybridized carbons (Fsp3) is 0.115. The number of aromatic nitrogens is 2. The number of nitrogens with zero attached hydrogens (tertiary/aromatic N) is 2. The molecule has 0 saturated carbocycles. The van der Waals surface area contributed by atoms with Gasteiger partial charge in [-0.05, 0) is 54.1 Å². The minimum Gasteiger partial charge on any atom is -0.507 e. The molecule has 6 heteroatoms. The summed E-state index contributed by atoms with van der Waals surface area (Å²) in [7, 11) is 4.75. The van der Waals surface area contributed by atoms with Crippen LogP contribution in [0.3, 0.4) is 0 Å². The number of aromatic hydroxyl groups is 1. The van der Waals surface area contributed by atoms with E-state index in [1.807, 2.05) is 77.5 Å². The first-order valence-electron chi connectivity index (χ1n) is 10.1. The average Bonchev–Trinajstić information content (AvgIpc) is 3.26. The van der Waals surface area contributed by atoms with Crippen LogP contribution >= 0.6 is 0 Å². The van der Waals surface area contributed by atoms with Gasteiger partial charge in [0.15, 0.2) is 11.5 Å². The molecule has 1 heterocycles. The lowest BCUT2D eigenvalue weighted by atomic mass is 10.1. The summed E-state index contributed by atoms with van der Waals surface area (Å²) in [5.41, 5.74) is 4.01. The molecular formula is C26H24N2O4. The third-order valence-electron chi connectivity index (χ3n) is 5.04. The first-order chi connectivity index (χ1) is 15.6. The predicted molar refractivity (Wildman–Crippen MR) is 126 cm³/mol. The molecule has 0 bridgehead atoms. The second kappa shape index (κ2) is 9.31. The maximum absolute atomic E-state index is 10.4. The lowest BCUT2D eigenvalue weighted by molar-refractivity contribution is 0.324. The molecule has 0 radical (unpaired) electrons. The minimum atomic E-state index is 0.199. The number of phenolic OH excluding ortho intramolecular Hbond substituents is 1. The molecule has 0 spiro atoms. The summed E-state index contributed by atoms with van der Waals surface area (Å²) in [5.74, 6) is 1.90. The highest BCUT2D eigenvalue weighted by atomic mass is 16.5. The van der Waals surface area contributed by atoms with E-state index in [-0.39, 0.29) is 5.75 Å². The zero-order valence-corrected chi connectivity index (χ0v) is 18.1. The van der Waals surface area contributed by atoms with E-state index in [2.05, 4.69) is 0 Å². The van der Waals surface area contributed by atoms with Crippen molar-refractivity contribution in [3.05, 3.63) is 84.1 Å². The van der Waals surface area contributed by atoms with E-state index in [1.165, 1.54) is 0 Å². The summed E-state index contributed by atoms with van der Waals surface area (Å²) in [6.45, 7) is 0. The number of rotatable bonds is 7. The van der Waals surface area contributed by atoms with Gasteiger partial charge in [0.05, 0.1) is 38.4 Å². The zero-order chi connectivity index (χ0) is 22.5. The van der Waals surface area contributed by atoms with E-state index in [9.17, 15) is 5.11 Å². The van der Waals surface area contributed by atoms with Crippen molar-refractivity contribution in [3.63, 3.8) is 0 Å². The van der Waals surface area contributed by atoms with Crippen LogP contribution in [-0.2, 0) is 0 Å². The fourth-order valence-electron chi connectivity index (χ4n) is 3.51. The standard InChI is InChI=1S/C26H24N2O4/c1-30-24-15-18(16-25(31-2)26(24)32-3)13-14-19-17-22(21-11-7-8-12-23(21)29)28(27-19)20-9-5-4-6-10-20/h4-17,29H,1-3H3/b14-13+. The number of para-hydroxylation sites is 2. The number of benzene rings is 3. The van der Waals surface area contributed by atoms with E-state index >= 15 is 0 Å². The predicted octanol–water partition coefficient (Wildman–Crippen LogP) is 5.44. The number of hydrogen-bond acceptors (Lipinski definition) is 5. The quantitative estimate of drug-likeness (QED) is 0.425. The maximum atomic E-state index is 10.4. The molecular weight excluding hydrogens is 404 g/mol. The molecule has 0 saturated heterocycles. The smallest absolute Gasteiger partial charge is 0.203 e.